The van der Waals surface area contributed by atoms with E-state index < -0.39 is 0 Å². The summed E-state index contributed by atoms with van der Waals surface area (Å²) in [5, 5.41) is 8.72. The van der Waals surface area contributed by atoms with Crippen molar-refractivity contribution in [2.45, 2.75) is 47.2 Å². The average Bonchev–Trinajstić information content (AvgIpc) is 2.65. The molecule has 0 unspecified atom stereocenters. The predicted octanol–water partition coefficient (Wildman–Crippen LogP) is 3.95. The van der Waals surface area contributed by atoms with Crippen LogP contribution in [-0.2, 0) is 6.54 Å². The van der Waals surface area contributed by atoms with E-state index in [9.17, 15) is 0 Å². The van der Waals surface area contributed by atoms with Gasteiger partial charge in [-0.15, -0.1) is 0 Å². The first kappa shape index (κ1) is 15.1. The Hall–Kier alpha value is -1.32. The SMILES string of the molecule is Cc1ccc(CNC(C)C)cc1-n1nc(C)c(Cl)c1C. The van der Waals surface area contributed by atoms with Crippen molar-refractivity contribution in [2.24, 2.45) is 0 Å². The minimum Gasteiger partial charge on any atom is -0.310 e. The lowest BCUT2D eigenvalue weighted by atomic mass is 10.1. The average molecular weight is 292 g/mol. The molecule has 2 aromatic rings. The number of rotatable bonds is 4. The maximum absolute atomic E-state index is 6.25. The normalized spacial score (nSPS) is 11.3. The number of nitrogens with zero attached hydrogens (tertiary/aromatic N) is 2. The van der Waals surface area contributed by atoms with Gasteiger partial charge in [0.05, 0.1) is 22.1 Å². The standard InChI is InChI=1S/C16H22ClN3/c1-10(2)18-9-14-7-6-11(3)15(8-14)20-13(5)16(17)12(4)19-20/h6-8,10,18H,9H2,1-5H3. The van der Waals surface area contributed by atoms with Crippen LogP contribution >= 0.6 is 11.6 Å². The molecule has 1 N–H and O–H groups in total. The number of nitrogens with one attached hydrogen (secondary N) is 1. The van der Waals surface area contributed by atoms with Crippen LogP contribution in [0.2, 0.25) is 5.02 Å². The zero-order valence-electron chi connectivity index (χ0n) is 12.8. The highest BCUT2D eigenvalue weighted by atomic mass is 35.5. The van der Waals surface area contributed by atoms with E-state index in [0.717, 1.165) is 28.6 Å². The van der Waals surface area contributed by atoms with Crippen LogP contribution in [0.3, 0.4) is 0 Å². The molecule has 0 saturated carbocycles. The smallest absolute Gasteiger partial charge is 0.0848 e. The second kappa shape index (κ2) is 5.98. The highest BCUT2D eigenvalue weighted by molar-refractivity contribution is 6.31. The van der Waals surface area contributed by atoms with Crippen molar-refractivity contribution in [3.8, 4) is 5.69 Å². The van der Waals surface area contributed by atoms with Crippen LogP contribution in [0.1, 0.15) is 36.4 Å². The Bertz CT molecular complexity index is 614. The molecule has 1 aromatic heterocycles. The molecule has 0 aliphatic heterocycles. The molecule has 4 heteroatoms. The van der Waals surface area contributed by atoms with Crippen molar-refractivity contribution in [3.63, 3.8) is 0 Å². The topological polar surface area (TPSA) is 29.9 Å². The molecule has 1 aromatic carbocycles. The van der Waals surface area contributed by atoms with Gasteiger partial charge in [-0.2, -0.15) is 5.10 Å². The van der Waals surface area contributed by atoms with Gasteiger partial charge in [-0.05, 0) is 38.0 Å². The number of halogens is 1. The summed E-state index contributed by atoms with van der Waals surface area (Å²) >= 11 is 6.25. The first-order valence-electron chi connectivity index (χ1n) is 6.95. The van der Waals surface area contributed by atoms with E-state index in [4.69, 9.17) is 11.6 Å². The molecule has 3 nitrogen and oxygen atoms in total. The zero-order valence-corrected chi connectivity index (χ0v) is 13.5. The van der Waals surface area contributed by atoms with Crippen LogP contribution in [0.25, 0.3) is 5.69 Å². The molecular weight excluding hydrogens is 270 g/mol. The lowest BCUT2D eigenvalue weighted by Crippen LogP contribution is -2.22. The highest BCUT2D eigenvalue weighted by Gasteiger charge is 2.12. The Morgan fingerprint density at radius 3 is 2.50 bits per heavy atom. The Balaban J connectivity index is 2.40. The summed E-state index contributed by atoms with van der Waals surface area (Å²) in [4.78, 5) is 0. The van der Waals surface area contributed by atoms with Crippen LogP contribution < -0.4 is 5.32 Å². The molecule has 108 valence electrons. The molecule has 0 fully saturated rings. The second-order valence-electron chi connectivity index (χ2n) is 5.55. The highest BCUT2D eigenvalue weighted by Crippen LogP contribution is 2.24. The number of aromatic nitrogens is 2. The summed E-state index contributed by atoms with van der Waals surface area (Å²) < 4.78 is 1.94. The molecule has 2 rings (SSSR count). The maximum atomic E-state index is 6.25. The quantitative estimate of drug-likeness (QED) is 0.924. The number of aryl methyl sites for hydroxylation is 2. The summed E-state index contributed by atoms with van der Waals surface area (Å²) in [5.41, 5.74) is 5.40. The molecule has 0 radical (unpaired) electrons. The van der Waals surface area contributed by atoms with Crippen molar-refractivity contribution in [3.05, 3.63) is 45.7 Å². The lowest BCUT2D eigenvalue weighted by Gasteiger charge is -2.12. The molecular formula is C16H22ClN3. The van der Waals surface area contributed by atoms with Crippen LogP contribution in [0.5, 0.6) is 0 Å². The Labute approximate surface area is 126 Å². The van der Waals surface area contributed by atoms with Gasteiger partial charge >= 0.3 is 0 Å². The fourth-order valence-electron chi connectivity index (χ4n) is 2.17. The van der Waals surface area contributed by atoms with Crippen molar-refractivity contribution in [1.29, 1.82) is 0 Å². The maximum Gasteiger partial charge on any atom is 0.0848 e. The van der Waals surface area contributed by atoms with E-state index in [0.29, 0.717) is 6.04 Å². The Morgan fingerprint density at radius 2 is 1.95 bits per heavy atom. The van der Waals surface area contributed by atoms with Crippen molar-refractivity contribution >= 4 is 11.6 Å². The van der Waals surface area contributed by atoms with E-state index in [1.165, 1.54) is 11.1 Å². The molecule has 0 saturated heterocycles. The third kappa shape index (κ3) is 3.05. The van der Waals surface area contributed by atoms with Crippen molar-refractivity contribution in [1.82, 2.24) is 15.1 Å². The molecule has 0 aliphatic rings. The summed E-state index contributed by atoms with van der Waals surface area (Å²) in [5.74, 6) is 0. The molecule has 0 atom stereocenters. The zero-order chi connectivity index (χ0) is 14.9. The van der Waals surface area contributed by atoms with Crippen LogP contribution in [0.4, 0.5) is 0 Å². The minimum absolute atomic E-state index is 0.475. The molecule has 0 spiro atoms. The van der Waals surface area contributed by atoms with Crippen molar-refractivity contribution < 1.29 is 0 Å². The van der Waals surface area contributed by atoms with Gasteiger partial charge in [0.2, 0.25) is 0 Å². The fourth-order valence-corrected chi connectivity index (χ4v) is 2.29. The first-order chi connectivity index (χ1) is 9.40. The van der Waals surface area contributed by atoms with Gasteiger partial charge in [0.1, 0.15) is 0 Å². The van der Waals surface area contributed by atoms with Crippen molar-refractivity contribution in [2.75, 3.05) is 0 Å². The lowest BCUT2D eigenvalue weighted by molar-refractivity contribution is 0.588. The molecule has 0 amide bonds. The Kier molecular flexibility index (Phi) is 4.51. The minimum atomic E-state index is 0.475. The van der Waals surface area contributed by atoms with Gasteiger partial charge in [0.15, 0.2) is 0 Å². The summed E-state index contributed by atoms with van der Waals surface area (Å²) in [6, 6.07) is 6.95. The van der Waals surface area contributed by atoms with E-state index in [2.05, 4.69) is 49.4 Å². The summed E-state index contributed by atoms with van der Waals surface area (Å²) in [7, 11) is 0. The molecule has 0 bridgehead atoms. The third-order valence-corrected chi connectivity index (χ3v) is 3.97. The third-order valence-electron chi connectivity index (χ3n) is 3.42. The van der Waals surface area contributed by atoms with E-state index in [1.54, 1.807) is 0 Å². The fraction of sp³-hybridized carbons (Fsp3) is 0.438. The van der Waals surface area contributed by atoms with Crippen LogP contribution in [-0.4, -0.2) is 15.8 Å². The summed E-state index contributed by atoms with van der Waals surface area (Å²) in [6.07, 6.45) is 0. The monoisotopic (exact) mass is 291 g/mol. The van der Waals surface area contributed by atoms with Gasteiger partial charge in [-0.1, -0.05) is 37.6 Å². The van der Waals surface area contributed by atoms with Crippen LogP contribution in [0, 0.1) is 20.8 Å². The van der Waals surface area contributed by atoms with Crippen LogP contribution in [0.15, 0.2) is 18.2 Å². The molecule has 20 heavy (non-hydrogen) atoms. The first-order valence-corrected chi connectivity index (χ1v) is 7.33. The number of benzene rings is 1. The number of hydrogen-bond donors (Lipinski definition) is 1. The van der Waals surface area contributed by atoms with E-state index in [1.807, 2.05) is 18.5 Å². The van der Waals surface area contributed by atoms with E-state index in [-0.39, 0.29) is 0 Å². The predicted molar refractivity (Wildman–Crippen MR) is 84.8 cm³/mol. The molecule has 0 aliphatic carbocycles. The number of hydrogen-bond acceptors (Lipinski definition) is 2. The van der Waals surface area contributed by atoms with Gasteiger partial charge < -0.3 is 5.32 Å². The van der Waals surface area contributed by atoms with E-state index >= 15 is 0 Å². The Morgan fingerprint density at radius 1 is 1.25 bits per heavy atom. The second-order valence-corrected chi connectivity index (χ2v) is 5.93. The largest absolute Gasteiger partial charge is 0.310 e. The van der Waals surface area contributed by atoms with Gasteiger partial charge in [-0.3, -0.25) is 0 Å². The van der Waals surface area contributed by atoms with Gasteiger partial charge in [0, 0.05) is 12.6 Å². The van der Waals surface area contributed by atoms with Gasteiger partial charge in [-0.25, -0.2) is 4.68 Å². The van der Waals surface area contributed by atoms with Gasteiger partial charge in [0.25, 0.3) is 0 Å². The summed E-state index contributed by atoms with van der Waals surface area (Å²) in [6.45, 7) is 11.2. The molecule has 1 heterocycles.